The van der Waals surface area contributed by atoms with E-state index in [2.05, 4.69) is 23.3 Å². The van der Waals surface area contributed by atoms with Gasteiger partial charge < -0.3 is 5.32 Å². The summed E-state index contributed by atoms with van der Waals surface area (Å²) in [5.74, 6) is -0.0973. The van der Waals surface area contributed by atoms with E-state index in [0.717, 1.165) is 6.42 Å². The van der Waals surface area contributed by atoms with Gasteiger partial charge in [0.05, 0.1) is 5.56 Å². The zero-order valence-corrected chi connectivity index (χ0v) is 10.3. The van der Waals surface area contributed by atoms with Crippen LogP contribution in [0.2, 0.25) is 0 Å². The highest BCUT2D eigenvalue weighted by molar-refractivity contribution is 5.93. The minimum atomic E-state index is -0.0973. The number of hydrogen-bond acceptors (Lipinski definition) is 2. The average molecular weight is 230 g/mol. The van der Waals surface area contributed by atoms with Crippen molar-refractivity contribution in [3.05, 3.63) is 53.9 Å². The summed E-state index contributed by atoms with van der Waals surface area (Å²) in [5.41, 5.74) is 1.80. The number of amides is 1. The summed E-state index contributed by atoms with van der Waals surface area (Å²) in [6.07, 6.45) is 10.3. The van der Waals surface area contributed by atoms with Crippen molar-refractivity contribution >= 4 is 5.91 Å². The number of hydrogen-bond donors (Lipinski definition) is 1. The molecule has 17 heavy (non-hydrogen) atoms. The molecule has 0 aromatic carbocycles. The van der Waals surface area contributed by atoms with E-state index in [4.69, 9.17) is 0 Å². The molecule has 3 heteroatoms. The summed E-state index contributed by atoms with van der Waals surface area (Å²) >= 11 is 0. The van der Waals surface area contributed by atoms with Crippen LogP contribution in [0.3, 0.4) is 0 Å². The predicted octanol–water partition coefficient (Wildman–Crippen LogP) is 2.72. The number of nitrogens with one attached hydrogen (secondary N) is 1. The highest BCUT2D eigenvalue weighted by atomic mass is 16.1. The first-order valence-electron chi connectivity index (χ1n) is 5.75. The maximum absolute atomic E-state index is 11.6. The third kappa shape index (κ3) is 5.11. The van der Waals surface area contributed by atoms with E-state index < -0.39 is 0 Å². The number of aromatic nitrogens is 1. The predicted molar refractivity (Wildman–Crippen MR) is 69.8 cm³/mol. The van der Waals surface area contributed by atoms with Gasteiger partial charge in [-0.05, 0) is 25.5 Å². The van der Waals surface area contributed by atoms with E-state index in [1.165, 1.54) is 5.57 Å². The molecule has 0 radical (unpaired) electrons. The summed E-state index contributed by atoms with van der Waals surface area (Å²) < 4.78 is 0. The second kappa shape index (κ2) is 7.39. The van der Waals surface area contributed by atoms with Crippen LogP contribution >= 0.6 is 0 Å². The number of carbonyl (C=O) groups is 1. The van der Waals surface area contributed by atoms with Gasteiger partial charge in [-0.1, -0.05) is 30.7 Å². The molecule has 0 atom stereocenters. The van der Waals surface area contributed by atoms with Crippen LogP contribution in [-0.2, 0) is 0 Å². The largest absolute Gasteiger partial charge is 0.349 e. The monoisotopic (exact) mass is 230 g/mol. The Morgan fingerprint density at radius 3 is 3.00 bits per heavy atom. The zero-order chi connectivity index (χ0) is 12.5. The molecule has 0 spiro atoms. The summed E-state index contributed by atoms with van der Waals surface area (Å²) in [7, 11) is 0. The van der Waals surface area contributed by atoms with Gasteiger partial charge in [-0.2, -0.15) is 0 Å². The number of nitrogens with zero attached hydrogens (tertiary/aromatic N) is 1. The molecule has 0 unspecified atom stereocenters. The van der Waals surface area contributed by atoms with Crippen molar-refractivity contribution in [3.8, 4) is 0 Å². The van der Waals surface area contributed by atoms with Gasteiger partial charge in [0.2, 0.25) is 0 Å². The number of rotatable bonds is 5. The van der Waals surface area contributed by atoms with E-state index in [-0.39, 0.29) is 5.91 Å². The highest BCUT2D eigenvalue weighted by Crippen LogP contribution is 1.97. The number of carbonyl (C=O) groups excluding carboxylic acids is 1. The first kappa shape index (κ1) is 13.2. The van der Waals surface area contributed by atoms with Gasteiger partial charge in [-0.15, -0.1) is 0 Å². The van der Waals surface area contributed by atoms with Crippen molar-refractivity contribution in [2.75, 3.05) is 6.54 Å². The van der Waals surface area contributed by atoms with Gasteiger partial charge in [0.25, 0.3) is 5.91 Å². The van der Waals surface area contributed by atoms with Crippen molar-refractivity contribution in [1.82, 2.24) is 10.3 Å². The fourth-order valence-corrected chi connectivity index (χ4v) is 1.39. The molecule has 0 aliphatic heterocycles. The second-order valence-electron chi connectivity index (χ2n) is 3.71. The van der Waals surface area contributed by atoms with Gasteiger partial charge >= 0.3 is 0 Å². The van der Waals surface area contributed by atoms with Crippen LogP contribution in [0.1, 0.15) is 30.6 Å². The Bertz CT molecular complexity index is 407. The van der Waals surface area contributed by atoms with Crippen LogP contribution in [0, 0.1) is 0 Å². The molecule has 0 fully saturated rings. The van der Waals surface area contributed by atoms with Gasteiger partial charge in [-0.3, -0.25) is 9.78 Å². The highest BCUT2D eigenvalue weighted by Gasteiger charge is 2.01. The van der Waals surface area contributed by atoms with E-state index in [9.17, 15) is 4.79 Å². The molecule has 0 aliphatic rings. The minimum absolute atomic E-state index is 0.0973. The summed E-state index contributed by atoms with van der Waals surface area (Å²) in [5, 5.41) is 2.80. The van der Waals surface area contributed by atoms with Gasteiger partial charge in [0.15, 0.2) is 0 Å². The molecular weight excluding hydrogens is 212 g/mol. The normalized spacial score (nSPS) is 11.8. The van der Waals surface area contributed by atoms with Crippen LogP contribution in [0.4, 0.5) is 0 Å². The average Bonchev–Trinajstić information content (AvgIpc) is 2.36. The lowest BCUT2D eigenvalue weighted by Gasteiger charge is -2.01. The second-order valence-corrected chi connectivity index (χ2v) is 3.71. The van der Waals surface area contributed by atoms with Crippen molar-refractivity contribution < 1.29 is 4.79 Å². The molecule has 1 N–H and O–H groups in total. The molecule has 1 heterocycles. The molecule has 0 saturated heterocycles. The lowest BCUT2D eigenvalue weighted by molar-refractivity contribution is 0.0957. The van der Waals surface area contributed by atoms with Gasteiger partial charge in [0.1, 0.15) is 0 Å². The molecule has 0 aliphatic carbocycles. The lowest BCUT2D eigenvalue weighted by atomic mass is 10.2. The Kier molecular flexibility index (Phi) is 5.72. The Morgan fingerprint density at radius 1 is 1.53 bits per heavy atom. The molecule has 0 saturated carbocycles. The minimum Gasteiger partial charge on any atom is -0.349 e. The standard InChI is InChI=1S/C14H18N2O/c1-3-6-12(2)7-4-10-16-14(17)13-8-5-9-15-11-13/h4-9,11H,3,10H2,1-2H3,(H,16,17)/b7-4-,12-6+. The molecular formula is C14H18N2O. The molecule has 90 valence electrons. The smallest absolute Gasteiger partial charge is 0.253 e. The van der Waals surface area contributed by atoms with Crippen LogP contribution in [0.15, 0.2) is 48.3 Å². The number of pyridine rings is 1. The fourth-order valence-electron chi connectivity index (χ4n) is 1.39. The molecule has 1 aromatic heterocycles. The maximum Gasteiger partial charge on any atom is 0.253 e. The topological polar surface area (TPSA) is 42.0 Å². The van der Waals surface area contributed by atoms with Crippen LogP contribution in [0.25, 0.3) is 0 Å². The molecule has 0 bridgehead atoms. The van der Waals surface area contributed by atoms with Crippen molar-refractivity contribution in [2.45, 2.75) is 20.3 Å². The SMILES string of the molecule is CC/C=C(C)/C=C\CNC(=O)c1cccnc1. The quantitative estimate of drug-likeness (QED) is 0.790. The summed E-state index contributed by atoms with van der Waals surface area (Å²) in [6.45, 7) is 4.67. The first-order valence-corrected chi connectivity index (χ1v) is 5.75. The van der Waals surface area contributed by atoms with Gasteiger partial charge in [0, 0.05) is 18.9 Å². The summed E-state index contributed by atoms with van der Waals surface area (Å²) in [4.78, 5) is 15.5. The van der Waals surface area contributed by atoms with Gasteiger partial charge in [-0.25, -0.2) is 0 Å². The van der Waals surface area contributed by atoms with E-state index in [1.54, 1.807) is 24.5 Å². The van der Waals surface area contributed by atoms with Crippen LogP contribution in [-0.4, -0.2) is 17.4 Å². The Morgan fingerprint density at radius 2 is 2.35 bits per heavy atom. The first-order chi connectivity index (χ1) is 8.24. The Hall–Kier alpha value is -1.90. The molecule has 3 nitrogen and oxygen atoms in total. The third-order valence-electron chi connectivity index (χ3n) is 2.21. The molecule has 1 aromatic rings. The van der Waals surface area contributed by atoms with Crippen LogP contribution in [0.5, 0.6) is 0 Å². The van der Waals surface area contributed by atoms with E-state index in [1.807, 2.05) is 19.1 Å². The number of allylic oxidation sites excluding steroid dienone is 3. The Labute approximate surface area is 102 Å². The summed E-state index contributed by atoms with van der Waals surface area (Å²) in [6, 6.07) is 3.49. The molecule has 1 amide bonds. The fraction of sp³-hybridized carbons (Fsp3) is 0.286. The maximum atomic E-state index is 11.6. The zero-order valence-electron chi connectivity index (χ0n) is 10.3. The van der Waals surface area contributed by atoms with Crippen molar-refractivity contribution in [1.29, 1.82) is 0 Å². The third-order valence-corrected chi connectivity index (χ3v) is 2.21. The van der Waals surface area contributed by atoms with Crippen LogP contribution < -0.4 is 5.32 Å². The van der Waals surface area contributed by atoms with E-state index in [0.29, 0.717) is 12.1 Å². The lowest BCUT2D eigenvalue weighted by Crippen LogP contribution is -2.23. The van der Waals surface area contributed by atoms with Crippen molar-refractivity contribution in [2.24, 2.45) is 0 Å². The Balaban J connectivity index is 2.37. The van der Waals surface area contributed by atoms with E-state index >= 15 is 0 Å². The molecule has 1 rings (SSSR count). The van der Waals surface area contributed by atoms with Crippen molar-refractivity contribution in [3.63, 3.8) is 0 Å².